The predicted molar refractivity (Wildman–Crippen MR) is 82.0 cm³/mol. The molecule has 3 rings (SSSR count). The highest BCUT2D eigenvalue weighted by Gasteiger charge is 2.57. The molecule has 2 aliphatic carbocycles. The Morgan fingerprint density at radius 1 is 1.43 bits per heavy atom. The van der Waals surface area contributed by atoms with Crippen molar-refractivity contribution in [2.75, 3.05) is 0 Å². The molecule has 2 aliphatic rings. The predicted octanol–water partition coefficient (Wildman–Crippen LogP) is 4.48. The third kappa shape index (κ3) is 2.39. The van der Waals surface area contributed by atoms with Gasteiger partial charge in [-0.1, -0.05) is 25.8 Å². The van der Waals surface area contributed by atoms with E-state index in [1.54, 1.807) is 12.1 Å². The SMILES string of the molecule is CCc1ccc(OC2CC(Cl)C23CCCC3)c([N+](=O)[O-])c1. The zero-order valence-electron chi connectivity index (χ0n) is 12.2. The summed E-state index contributed by atoms with van der Waals surface area (Å²) in [5, 5.41) is 11.4. The highest BCUT2D eigenvalue weighted by atomic mass is 35.5. The molecular formula is C16H20ClNO3. The highest BCUT2D eigenvalue weighted by molar-refractivity contribution is 6.21. The number of nitro groups is 1. The summed E-state index contributed by atoms with van der Waals surface area (Å²) in [6.45, 7) is 1.98. The van der Waals surface area contributed by atoms with Crippen molar-refractivity contribution in [3.05, 3.63) is 33.9 Å². The van der Waals surface area contributed by atoms with Crippen LogP contribution in [0.25, 0.3) is 0 Å². The molecule has 1 aromatic carbocycles. The van der Waals surface area contributed by atoms with E-state index in [0.717, 1.165) is 31.2 Å². The van der Waals surface area contributed by atoms with Gasteiger partial charge in [0.1, 0.15) is 6.10 Å². The Morgan fingerprint density at radius 3 is 2.71 bits per heavy atom. The quantitative estimate of drug-likeness (QED) is 0.468. The first kappa shape index (κ1) is 14.6. The summed E-state index contributed by atoms with van der Waals surface area (Å²) < 4.78 is 6.02. The lowest BCUT2D eigenvalue weighted by Gasteiger charge is -2.50. The van der Waals surface area contributed by atoms with E-state index in [1.165, 1.54) is 12.8 Å². The standard InChI is InChI=1S/C16H20ClNO3/c1-2-11-5-6-13(12(9-11)18(19)20)21-15-10-14(17)16(15)7-3-4-8-16/h5-6,9,14-15H,2-4,7-8,10H2,1H3. The minimum absolute atomic E-state index is 0.0219. The average molecular weight is 310 g/mol. The van der Waals surface area contributed by atoms with Crippen LogP contribution in [0.1, 0.15) is 44.6 Å². The van der Waals surface area contributed by atoms with Gasteiger partial charge in [-0.2, -0.15) is 0 Å². The molecule has 4 nitrogen and oxygen atoms in total. The fraction of sp³-hybridized carbons (Fsp3) is 0.625. The molecule has 5 heteroatoms. The fourth-order valence-corrected chi connectivity index (χ4v) is 4.23. The summed E-state index contributed by atoms with van der Waals surface area (Å²) in [6, 6.07) is 5.26. The van der Waals surface area contributed by atoms with E-state index >= 15 is 0 Å². The Hall–Kier alpha value is -1.29. The van der Waals surface area contributed by atoms with Crippen molar-refractivity contribution >= 4 is 17.3 Å². The van der Waals surface area contributed by atoms with Crippen molar-refractivity contribution in [3.8, 4) is 5.75 Å². The summed E-state index contributed by atoms with van der Waals surface area (Å²) >= 11 is 6.41. The zero-order valence-corrected chi connectivity index (χ0v) is 12.9. The maximum atomic E-state index is 11.3. The fourth-order valence-electron chi connectivity index (χ4n) is 3.71. The Kier molecular flexibility index (Phi) is 3.82. The molecule has 2 fully saturated rings. The van der Waals surface area contributed by atoms with Crippen LogP contribution in [0.3, 0.4) is 0 Å². The molecule has 21 heavy (non-hydrogen) atoms. The molecule has 2 saturated carbocycles. The van der Waals surface area contributed by atoms with E-state index in [2.05, 4.69) is 0 Å². The molecule has 0 aromatic heterocycles. The van der Waals surface area contributed by atoms with Crippen LogP contribution in [0.15, 0.2) is 18.2 Å². The van der Waals surface area contributed by atoms with Gasteiger partial charge in [-0.3, -0.25) is 10.1 Å². The van der Waals surface area contributed by atoms with Crippen molar-refractivity contribution < 1.29 is 9.66 Å². The number of hydrogen-bond acceptors (Lipinski definition) is 3. The minimum atomic E-state index is -0.355. The lowest BCUT2D eigenvalue weighted by Crippen LogP contribution is -2.55. The lowest BCUT2D eigenvalue weighted by atomic mass is 9.64. The summed E-state index contributed by atoms with van der Waals surface area (Å²) in [5.74, 6) is 0.386. The van der Waals surface area contributed by atoms with E-state index < -0.39 is 0 Å². The van der Waals surface area contributed by atoms with Crippen molar-refractivity contribution in [2.24, 2.45) is 5.41 Å². The van der Waals surface area contributed by atoms with E-state index in [4.69, 9.17) is 16.3 Å². The largest absolute Gasteiger partial charge is 0.483 e. The van der Waals surface area contributed by atoms with Crippen LogP contribution >= 0.6 is 11.6 Å². The molecule has 0 aliphatic heterocycles. The average Bonchev–Trinajstić information content (AvgIpc) is 2.99. The maximum Gasteiger partial charge on any atom is 0.311 e. The first-order valence-electron chi connectivity index (χ1n) is 7.65. The molecule has 1 aromatic rings. The van der Waals surface area contributed by atoms with Crippen LogP contribution in [0.2, 0.25) is 0 Å². The minimum Gasteiger partial charge on any atom is -0.483 e. The summed E-state index contributed by atoms with van der Waals surface area (Å²) in [7, 11) is 0. The Morgan fingerprint density at radius 2 is 2.14 bits per heavy atom. The topological polar surface area (TPSA) is 52.4 Å². The summed E-state index contributed by atoms with van der Waals surface area (Å²) in [5.41, 5.74) is 1.06. The normalized spacial score (nSPS) is 26.6. The van der Waals surface area contributed by atoms with Gasteiger partial charge in [0.2, 0.25) is 0 Å². The number of rotatable bonds is 4. The second-order valence-electron chi connectivity index (χ2n) is 6.16. The third-order valence-corrected chi connectivity index (χ3v) is 5.73. The van der Waals surface area contributed by atoms with Crippen LogP contribution in [0.4, 0.5) is 5.69 Å². The van der Waals surface area contributed by atoms with Gasteiger partial charge >= 0.3 is 5.69 Å². The number of benzene rings is 1. The lowest BCUT2D eigenvalue weighted by molar-refractivity contribution is -0.386. The van der Waals surface area contributed by atoms with E-state index in [-0.39, 0.29) is 27.5 Å². The molecule has 0 radical (unpaired) electrons. The maximum absolute atomic E-state index is 11.3. The molecule has 0 amide bonds. The van der Waals surface area contributed by atoms with Crippen LogP contribution in [0, 0.1) is 15.5 Å². The smallest absolute Gasteiger partial charge is 0.311 e. The molecule has 0 N–H and O–H groups in total. The molecule has 2 unspecified atom stereocenters. The molecule has 114 valence electrons. The Labute approximate surface area is 129 Å². The van der Waals surface area contributed by atoms with Gasteiger partial charge in [0.25, 0.3) is 0 Å². The van der Waals surface area contributed by atoms with Crippen molar-refractivity contribution in [1.29, 1.82) is 0 Å². The van der Waals surface area contributed by atoms with Crippen LogP contribution in [0.5, 0.6) is 5.75 Å². The molecule has 0 heterocycles. The van der Waals surface area contributed by atoms with E-state index in [1.807, 2.05) is 13.0 Å². The van der Waals surface area contributed by atoms with Crippen LogP contribution in [-0.2, 0) is 6.42 Å². The molecule has 0 bridgehead atoms. The van der Waals surface area contributed by atoms with Crippen LogP contribution in [-0.4, -0.2) is 16.4 Å². The monoisotopic (exact) mass is 309 g/mol. The highest BCUT2D eigenvalue weighted by Crippen LogP contribution is 2.57. The number of halogens is 1. The molecular weight excluding hydrogens is 290 g/mol. The number of nitro benzene ring substituents is 1. The van der Waals surface area contributed by atoms with Crippen molar-refractivity contribution in [3.63, 3.8) is 0 Å². The van der Waals surface area contributed by atoms with Gasteiger partial charge in [0.15, 0.2) is 5.75 Å². The zero-order chi connectivity index (χ0) is 15.0. The number of alkyl halides is 1. The summed E-state index contributed by atoms with van der Waals surface area (Å²) in [4.78, 5) is 10.9. The first-order valence-corrected chi connectivity index (χ1v) is 8.08. The number of nitrogens with zero attached hydrogens (tertiary/aromatic N) is 1. The van der Waals surface area contributed by atoms with Gasteiger partial charge in [-0.15, -0.1) is 11.6 Å². The molecule has 1 spiro atoms. The summed E-state index contributed by atoms with van der Waals surface area (Å²) in [6.07, 6.45) is 6.10. The van der Waals surface area contributed by atoms with Gasteiger partial charge in [-0.25, -0.2) is 0 Å². The first-order chi connectivity index (χ1) is 10.1. The van der Waals surface area contributed by atoms with E-state index in [9.17, 15) is 10.1 Å². The van der Waals surface area contributed by atoms with Gasteiger partial charge in [0, 0.05) is 23.3 Å². The van der Waals surface area contributed by atoms with E-state index in [0.29, 0.717) is 5.75 Å². The number of aryl methyl sites for hydroxylation is 1. The van der Waals surface area contributed by atoms with Gasteiger partial charge in [-0.05, 0) is 30.9 Å². The second kappa shape index (κ2) is 5.48. The van der Waals surface area contributed by atoms with Gasteiger partial charge < -0.3 is 4.74 Å². The second-order valence-corrected chi connectivity index (χ2v) is 6.69. The Bertz CT molecular complexity index is 554. The molecule has 0 saturated heterocycles. The van der Waals surface area contributed by atoms with Crippen LogP contribution < -0.4 is 4.74 Å². The van der Waals surface area contributed by atoms with Crippen molar-refractivity contribution in [2.45, 2.75) is 56.9 Å². The van der Waals surface area contributed by atoms with Gasteiger partial charge in [0.05, 0.1) is 4.92 Å². The Balaban J connectivity index is 1.83. The van der Waals surface area contributed by atoms with Crippen molar-refractivity contribution in [1.82, 2.24) is 0 Å². The number of hydrogen-bond donors (Lipinski definition) is 0. The number of ether oxygens (including phenoxy) is 1. The molecule has 2 atom stereocenters. The third-order valence-electron chi connectivity index (χ3n) is 5.12.